The lowest BCUT2D eigenvalue weighted by Gasteiger charge is -2.24. The van der Waals surface area contributed by atoms with E-state index in [-0.39, 0.29) is 18.0 Å². The topological polar surface area (TPSA) is 41.1 Å². The molecule has 0 saturated carbocycles. The molecule has 1 aliphatic carbocycles. The number of fused-ring (bicyclic) bond motifs is 1. The van der Waals surface area contributed by atoms with Gasteiger partial charge in [0.25, 0.3) is 0 Å². The molecule has 0 bridgehead atoms. The molecule has 1 aliphatic heterocycles. The summed E-state index contributed by atoms with van der Waals surface area (Å²) in [6, 6.07) is 6.44. The molecule has 1 saturated heterocycles. The molecule has 3 nitrogen and oxygen atoms in total. The highest BCUT2D eigenvalue weighted by molar-refractivity contribution is 9.10. The van der Waals surface area contributed by atoms with Crippen LogP contribution in [0.25, 0.3) is 0 Å². The number of halogens is 1. The Labute approximate surface area is 122 Å². The summed E-state index contributed by atoms with van der Waals surface area (Å²) >= 11 is 3.59. The van der Waals surface area contributed by atoms with E-state index in [1.807, 2.05) is 6.07 Å². The zero-order chi connectivity index (χ0) is 13.2. The van der Waals surface area contributed by atoms with E-state index < -0.39 is 0 Å². The number of carbonyl (C=O) groups is 1. The molecule has 1 aromatic rings. The van der Waals surface area contributed by atoms with Gasteiger partial charge in [-0.2, -0.15) is 0 Å². The molecule has 2 unspecified atom stereocenters. The quantitative estimate of drug-likeness (QED) is 0.879. The predicted molar refractivity (Wildman–Crippen MR) is 79.0 cm³/mol. The van der Waals surface area contributed by atoms with Crippen molar-refractivity contribution in [1.82, 2.24) is 10.6 Å². The van der Waals surface area contributed by atoms with E-state index in [9.17, 15) is 4.79 Å². The highest BCUT2D eigenvalue weighted by Crippen LogP contribution is 2.35. The maximum absolute atomic E-state index is 12.3. The fraction of sp³-hybridized carbons (Fsp3) is 0.533. The average molecular weight is 323 g/mol. The van der Waals surface area contributed by atoms with E-state index in [0.29, 0.717) is 0 Å². The Morgan fingerprint density at radius 2 is 2.21 bits per heavy atom. The van der Waals surface area contributed by atoms with Gasteiger partial charge < -0.3 is 10.6 Å². The van der Waals surface area contributed by atoms with Crippen molar-refractivity contribution >= 4 is 21.8 Å². The summed E-state index contributed by atoms with van der Waals surface area (Å²) in [6.07, 6.45) is 5.35. The number of nitrogens with one attached hydrogen (secondary N) is 2. The third-order valence-corrected chi connectivity index (χ3v) is 4.90. The van der Waals surface area contributed by atoms with Gasteiger partial charge in [0.1, 0.15) is 0 Å². The summed E-state index contributed by atoms with van der Waals surface area (Å²) in [4.78, 5) is 12.3. The highest BCUT2D eigenvalue weighted by Gasteiger charge is 2.28. The number of carbonyl (C=O) groups excluding carboxylic acids is 1. The summed E-state index contributed by atoms with van der Waals surface area (Å²) in [5, 5.41) is 6.52. The molecule has 2 aliphatic rings. The lowest BCUT2D eigenvalue weighted by atomic mass is 10.0. The Morgan fingerprint density at radius 1 is 1.32 bits per heavy atom. The standard InChI is InChI=1S/C15H19BrN2O/c16-12-5-3-4-11-10(12)7-8-13(11)18-15(19)14-6-1-2-9-17-14/h3-5,13-14,17H,1-2,6-9H2,(H,18,19). The summed E-state index contributed by atoms with van der Waals surface area (Å²) in [5.41, 5.74) is 2.63. The van der Waals surface area contributed by atoms with Crippen LogP contribution in [0, 0.1) is 0 Å². The van der Waals surface area contributed by atoms with Gasteiger partial charge in [-0.25, -0.2) is 0 Å². The molecule has 19 heavy (non-hydrogen) atoms. The van der Waals surface area contributed by atoms with Crippen molar-refractivity contribution in [2.24, 2.45) is 0 Å². The van der Waals surface area contributed by atoms with E-state index in [2.05, 4.69) is 38.7 Å². The zero-order valence-electron chi connectivity index (χ0n) is 10.9. The largest absolute Gasteiger partial charge is 0.348 e. The monoisotopic (exact) mass is 322 g/mol. The molecule has 1 aromatic carbocycles. The third-order valence-electron chi connectivity index (χ3n) is 4.16. The fourth-order valence-corrected chi connectivity index (χ4v) is 3.69. The van der Waals surface area contributed by atoms with E-state index in [1.165, 1.54) is 17.5 Å². The van der Waals surface area contributed by atoms with Gasteiger partial charge >= 0.3 is 0 Å². The fourth-order valence-electron chi connectivity index (χ4n) is 3.11. The van der Waals surface area contributed by atoms with Crippen LogP contribution in [0.15, 0.2) is 22.7 Å². The summed E-state index contributed by atoms with van der Waals surface area (Å²) in [6.45, 7) is 0.963. The molecule has 1 heterocycles. The number of rotatable bonds is 2. The van der Waals surface area contributed by atoms with Crippen LogP contribution in [0.3, 0.4) is 0 Å². The number of amides is 1. The Balaban J connectivity index is 1.69. The molecule has 0 aromatic heterocycles. The summed E-state index contributed by atoms with van der Waals surface area (Å²) in [5.74, 6) is 0.164. The maximum atomic E-state index is 12.3. The first-order valence-corrected chi connectivity index (χ1v) is 7.86. The molecule has 4 heteroatoms. The van der Waals surface area contributed by atoms with Gasteiger partial charge in [-0.05, 0) is 49.4 Å². The van der Waals surface area contributed by atoms with Gasteiger partial charge in [-0.1, -0.05) is 34.5 Å². The second-order valence-corrected chi connectivity index (χ2v) is 6.26. The smallest absolute Gasteiger partial charge is 0.237 e. The molecule has 2 atom stereocenters. The zero-order valence-corrected chi connectivity index (χ0v) is 12.5. The van der Waals surface area contributed by atoms with Crippen molar-refractivity contribution in [3.8, 4) is 0 Å². The molecule has 0 radical (unpaired) electrons. The van der Waals surface area contributed by atoms with Gasteiger partial charge in [-0.3, -0.25) is 4.79 Å². The van der Waals surface area contributed by atoms with Gasteiger partial charge in [0, 0.05) is 4.47 Å². The second-order valence-electron chi connectivity index (χ2n) is 5.41. The first-order chi connectivity index (χ1) is 9.25. The van der Waals surface area contributed by atoms with Crippen molar-refractivity contribution in [1.29, 1.82) is 0 Å². The normalized spacial score (nSPS) is 25.9. The molecular formula is C15H19BrN2O. The maximum Gasteiger partial charge on any atom is 0.237 e. The molecular weight excluding hydrogens is 304 g/mol. The number of piperidine rings is 1. The van der Waals surface area contributed by atoms with Crippen molar-refractivity contribution in [2.75, 3.05) is 6.54 Å². The lowest BCUT2D eigenvalue weighted by Crippen LogP contribution is -2.47. The minimum absolute atomic E-state index is 0.00459. The first-order valence-electron chi connectivity index (χ1n) is 7.07. The number of hydrogen-bond acceptors (Lipinski definition) is 2. The summed E-state index contributed by atoms with van der Waals surface area (Å²) < 4.78 is 1.16. The van der Waals surface area contributed by atoms with E-state index >= 15 is 0 Å². The van der Waals surface area contributed by atoms with Gasteiger partial charge in [0.15, 0.2) is 0 Å². The van der Waals surface area contributed by atoms with Crippen LogP contribution in [-0.2, 0) is 11.2 Å². The van der Waals surface area contributed by atoms with Crippen LogP contribution in [0.4, 0.5) is 0 Å². The SMILES string of the molecule is O=C(NC1CCc2c(Br)cccc21)C1CCCCN1. The predicted octanol–water partition coefficient (Wildman–Crippen LogP) is 2.69. The Kier molecular flexibility index (Phi) is 3.89. The van der Waals surface area contributed by atoms with E-state index in [1.54, 1.807) is 0 Å². The van der Waals surface area contributed by atoms with E-state index in [4.69, 9.17) is 0 Å². The van der Waals surface area contributed by atoms with Crippen molar-refractivity contribution in [3.63, 3.8) is 0 Å². The molecule has 2 N–H and O–H groups in total. The van der Waals surface area contributed by atoms with Crippen LogP contribution in [0.5, 0.6) is 0 Å². The van der Waals surface area contributed by atoms with Crippen molar-refractivity contribution < 1.29 is 4.79 Å². The van der Waals surface area contributed by atoms with Crippen molar-refractivity contribution in [3.05, 3.63) is 33.8 Å². The molecule has 102 valence electrons. The molecule has 0 spiro atoms. The summed E-state index contributed by atoms with van der Waals surface area (Å²) in [7, 11) is 0. The first kappa shape index (κ1) is 13.1. The minimum Gasteiger partial charge on any atom is -0.348 e. The Morgan fingerprint density at radius 3 is 3.00 bits per heavy atom. The molecule has 1 amide bonds. The van der Waals surface area contributed by atoms with Crippen LogP contribution in [0.2, 0.25) is 0 Å². The Hall–Kier alpha value is -0.870. The van der Waals surface area contributed by atoms with Crippen LogP contribution in [-0.4, -0.2) is 18.5 Å². The van der Waals surface area contributed by atoms with Crippen molar-refractivity contribution in [2.45, 2.75) is 44.2 Å². The number of hydrogen-bond donors (Lipinski definition) is 2. The van der Waals surface area contributed by atoms with Crippen LogP contribution in [0.1, 0.15) is 42.9 Å². The second kappa shape index (κ2) is 5.63. The van der Waals surface area contributed by atoms with Crippen LogP contribution < -0.4 is 10.6 Å². The highest BCUT2D eigenvalue weighted by atomic mass is 79.9. The van der Waals surface area contributed by atoms with Gasteiger partial charge in [-0.15, -0.1) is 0 Å². The van der Waals surface area contributed by atoms with Gasteiger partial charge in [0.2, 0.25) is 5.91 Å². The third kappa shape index (κ3) is 2.70. The van der Waals surface area contributed by atoms with Gasteiger partial charge in [0.05, 0.1) is 12.1 Å². The Bertz CT molecular complexity index is 483. The minimum atomic E-state index is 0.00459. The average Bonchev–Trinajstić information content (AvgIpc) is 2.84. The number of benzene rings is 1. The lowest BCUT2D eigenvalue weighted by molar-refractivity contribution is -0.124. The van der Waals surface area contributed by atoms with E-state index in [0.717, 1.165) is 36.7 Å². The van der Waals surface area contributed by atoms with Crippen LogP contribution >= 0.6 is 15.9 Å². The molecule has 3 rings (SSSR count). The molecule has 1 fully saturated rings.